The monoisotopic (exact) mass is 715 g/mol. The summed E-state index contributed by atoms with van der Waals surface area (Å²) in [6, 6.07) is 11.6. The zero-order valence-corrected chi connectivity index (χ0v) is 27.8. The Bertz CT molecular complexity index is 1340. The van der Waals surface area contributed by atoms with E-state index in [1.807, 2.05) is 19.1 Å². The molecule has 0 fully saturated rings. The summed E-state index contributed by atoms with van der Waals surface area (Å²) in [5, 5.41) is 14.0. The first-order valence-corrected chi connectivity index (χ1v) is 15.3. The molecule has 0 radical (unpaired) electrons. The molecule has 6 amide bonds. The van der Waals surface area contributed by atoms with Crippen molar-refractivity contribution in [1.29, 1.82) is 0 Å². The number of rotatable bonds is 18. The molecule has 0 aliphatic rings. The molecule has 8 N–H and O–H groups in total. The zero-order chi connectivity index (χ0) is 37.7. The van der Waals surface area contributed by atoms with Crippen molar-refractivity contribution in [2.75, 3.05) is 39.8 Å². The summed E-state index contributed by atoms with van der Waals surface area (Å²) in [6.45, 7) is 2.48. The molecule has 0 unspecified atom stereocenters. The van der Waals surface area contributed by atoms with Crippen molar-refractivity contribution in [2.45, 2.75) is 26.2 Å². The Labute approximate surface area is 292 Å². The number of nitrogens with two attached hydrogens (primary N) is 1. The van der Waals surface area contributed by atoms with E-state index in [9.17, 15) is 38.4 Å². The van der Waals surface area contributed by atoms with Crippen LogP contribution in [0.1, 0.15) is 46.9 Å². The molecule has 0 saturated carbocycles. The quantitative estimate of drug-likeness (QED) is 0.0379. The highest BCUT2D eigenvalue weighted by Crippen LogP contribution is 2.11. The lowest BCUT2D eigenvalue weighted by molar-refractivity contribution is -0.129. The number of carbonyl (C=O) groups is 8. The van der Waals surface area contributed by atoms with Crippen LogP contribution < -0.4 is 47.1 Å². The fraction of sp³-hybridized carbons (Fsp3) is 0.312. The predicted octanol–water partition coefficient (Wildman–Crippen LogP) is 1.44. The number of alkyl carbamates (subject to hydrolysis) is 2. The minimum absolute atomic E-state index is 0.0613. The number of benzene rings is 2. The fourth-order valence-corrected chi connectivity index (χ4v) is 3.22. The largest absolute Gasteiger partial charge is 0.449 e. The first-order chi connectivity index (χ1) is 24.6. The molecule has 51 heavy (non-hydrogen) atoms. The van der Waals surface area contributed by atoms with Gasteiger partial charge in [0.25, 0.3) is 0 Å². The first-order valence-electron chi connectivity index (χ1n) is 15.3. The second-order valence-electron chi connectivity index (χ2n) is 9.47. The van der Waals surface area contributed by atoms with Gasteiger partial charge in [-0.05, 0) is 68.3 Å². The Morgan fingerprint density at radius 2 is 1.00 bits per heavy atom. The van der Waals surface area contributed by atoms with Crippen molar-refractivity contribution >= 4 is 48.8 Å². The Kier molecular flexibility index (Phi) is 22.1. The topological polar surface area (TPSA) is 272 Å². The van der Waals surface area contributed by atoms with Crippen LogP contribution in [0.25, 0.3) is 0 Å². The molecule has 2 aromatic rings. The smallest absolute Gasteiger partial charge is 0.413 e. The van der Waals surface area contributed by atoms with Gasteiger partial charge < -0.3 is 56.6 Å². The van der Waals surface area contributed by atoms with Crippen molar-refractivity contribution in [3.63, 3.8) is 0 Å². The van der Waals surface area contributed by atoms with Crippen LogP contribution in [0.15, 0.2) is 60.7 Å². The summed E-state index contributed by atoms with van der Waals surface area (Å²) in [6.07, 6.45) is 3.09. The molecule has 0 heterocycles. The SMILES string of the molecule is CCNC(=O)OCC/C=C/CCOC(=O)NCN.O=Cc1ccc(OC(=O)NCNC(=O)CC(=O)NCNC(=O)Oc2ccc(C=O)cc2)cc1. The molecule has 0 aliphatic heterocycles. The molecule has 19 heteroatoms. The van der Waals surface area contributed by atoms with Crippen molar-refractivity contribution in [3.05, 3.63) is 71.8 Å². The third kappa shape index (κ3) is 21.9. The Hall–Kier alpha value is -6.50. The Balaban J connectivity index is 0.000000613. The molecule has 0 bridgehead atoms. The molecule has 2 aromatic carbocycles. The number of carbonyl (C=O) groups excluding carboxylic acids is 8. The van der Waals surface area contributed by atoms with Crippen LogP contribution >= 0.6 is 0 Å². The van der Waals surface area contributed by atoms with Gasteiger partial charge in [-0.1, -0.05) is 12.2 Å². The number of aldehydes is 2. The van der Waals surface area contributed by atoms with Crippen molar-refractivity contribution in [1.82, 2.24) is 31.9 Å². The van der Waals surface area contributed by atoms with Crippen LogP contribution in [0, 0.1) is 0 Å². The molecule has 0 aliphatic carbocycles. The number of ether oxygens (including phenoxy) is 4. The molecule has 19 nitrogen and oxygen atoms in total. The maximum absolute atomic E-state index is 11.7. The molecule has 0 spiro atoms. The normalized spacial score (nSPS) is 9.84. The van der Waals surface area contributed by atoms with Gasteiger partial charge >= 0.3 is 24.4 Å². The van der Waals surface area contributed by atoms with E-state index < -0.39 is 42.6 Å². The van der Waals surface area contributed by atoms with E-state index in [-0.39, 0.29) is 31.5 Å². The van der Waals surface area contributed by atoms with Gasteiger partial charge in [0, 0.05) is 17.7 Å². The first kappa shape index (κ1) is 42.5. The molecule has 0 atom stereocenters. The van der Waals surface area contributed by atoms with E-state index in [0.717, 1.165) is 0 Å². The van der Waals surface area contributed by atoms with E-state index in [0.29, 0.717) is 56.3 Å². The Morgan fingerprint density at radius 3 is 1.37 bits per heavy atom. The van der Waals surface area contributed by atoms with Gasteiger partial charge in [0.15, 0.2) is 0 Å². The van der Waals surface area contributed by atoms with Crippen LogP contribution in [-0.2, 0) is 19.1 Å². The van der Waals surface area contributed by atoms with Gasteiger partial charge in [-0.3, -0.25) is 19.2 Å². The molecule has 0 aromatic heterocycles. The summed E-state index contributed by atoms with van der Waals surface area (Å²) < 4.78 is 19.5. The molecular weight excluding hydrogens is 674 g/mol. The maximum atomic E-state index is 11.7. The van der Waals surface area contributed by atoms with E-state index in [4.69, 9.17) is 24.7 Å². The summed E-state index contributed by atoms with van der Waals surface area (Å²) in [7, 11) is 0. The summed E-state index contributed by atoms with van der Waals surface area (Å²) in [5.41, 5.74) is 5.93. The summed E-state index contributed by atoms with van der Waals surface area (Å²) in [5.74, 6) is -0.956. The van der Waals surface area contributed by atoms with E-state index in [1.165, 1.54) is 48.5 Å². The van der Waals surface area contributed by atoms with Gasteiger partial charge in [-0.25, -0.2) is 19.2 Å². The van der Waals surface area contributed by atoms with Crippen LogP contribution in [-0.4, -0.2) is 88.5 Å². The lowest BCUT2D eigenvalue weighted by atomic mass is 10.2. The van der Waals surface area contributed by atoms with Crippen LogP contribution in [0.3, 0.4) is 0 Å². The Morgan fingerprint density at radius 1 is 0.588 bits per heavy atom. The average Bonchev–Trinajstić information content (AvgIpc) is 3.10. The lowest BCUT2D eigenvalue weighted by Gasteiger charge is -2.09. The van der Waals surface area contributed by atoms with E-state index >= 15 is 0 Å². The second-order valence-corrected chi connectivity index (χ2v) is 9.47. The zero-order valence-electron chi connectivity index (χ0n) is 27.8. The van der Waals surface area contributed by atoms with Crippen molar-refractivity contribution < 1.29 is 57.3 Å². The molecule has 276 valence electrons. The van der Waals surface area contributed by atoms with Crippen LogP contribution in [0.5, 0.6) is 11.5 Å². The van der Waals surface area contributed by atoms with Crippen LogP contribution in [0.2, 0.25) is 0 Å². The molecule has 0 saturated heterocycles. The number of nitrogens with one attached hydrogen (secondary N) is 6. The molecular formula is C32H41N7O12. The average molecular weight is 716 g/mol. The number of hydrogen-bond donors (Lipinski definition) is 7. The highest BCUT2D eigenvalue weighted by Gasteiger charge is 2.11. The summed E-state index contributed by atoms with van der Waals surface area (Å²) >= 11 is 0. The lowest BCUT2D eigenvalue weighted by Crippen LogP contribution is -2.42. The highest BCUT2D eigenvalue weighted by atomic mass is 16.6. The van der Waals surface area contributed by atoms with Crippen molar-refractivity contribution in [2.24, 2.45) is 5.73 Å². The third-order valence-electron chi connectivity index (χ3n) is 5.58. The van der Waals surface area contributed by atoms with Gasteiger partial charge in [0.2, 0.25) is 11.8 Å². The van der Waals surface area contributed by atoms with Gasteiger partial charge in [0.05, 0.1) is 33.2 Å². The number of hydrogen-bond acceptors (Lipinski definition) is 13. The third-order valence-corrected chi connectivity index (χ3v) is 5.58. The second kappa shape index (κ2) is 26.5. The van der Waals surface area contributed by atoms with Gasteiger partial charge in [-0.15, -0.1) is 0 Å². The molecule has 2 rings (SSSR count). The maximum Gasteiger partial charge on any atom is 0.413 e. The minimum Gasteiger partial charge on any atom is -0.449 e. The summed E-state index contributed by atoms with van der Waals surface area (Å²) in [4.78, 5) is 89.6. The van der Waals surface area contributed by atoms with Gasteiger partial charge in [0.1, 0.15) is 30.5 Å². The van der Waals surface area contributed by atoms with E-state index in [2.05, 4.69) is 31.9 Å². The fourth-order valence-electron chi connectivity index (χ4n) is 3.22. The predicted molar refractivity (Wildman–Crippen MR) is 180 cm³/mol. The number of amides is 6. The van der Waals surface area contributed by atoms with Crippen LogP contribution in [0.4, 0.5) is 19.2 Å². The van der Waals surface area contributed by atoms with Crippen molar-refractivity contribution in [3.8, 4) is 11.5 Å². The van der Waals surface area contributed by atoms with Gasteiger partial charge in [-0.2, -0.15) is 0 Å². The standard InChI is InChI=1S/C21H20N4O8.C11H21N3O4/c26-10-14-1-5-16(6-2-14)32-20(30)24-12-22-18(28)9-19(29)23-13-25-21(31)33-17-7-3-15(11-27)4-8-17;1-2-13-10(15)17-7-5-3-4-6-8-18-11(16)14-9-12/h1-8,10-11H,9,12-13H2,(H,22,28)(H,23,29)(H,24,30)(H,25,31);3-4H,2,5-9,12H2,1H3,(H,13,15)(H,14,16)/b;4-3+. The highest BCUT2D eigenvalue weighted by molar-refractivity contribution is 5.97. The minimum atomic E-state index is -0.845. The van der Waals surface area contributed by atoms with E-state index in [1.54, 1.807) is 0 Å².